The summed E-state index contributed by atoms with van der Waals surface area (Å²) in [4.78, 5) is 0.345. The van der Waals surface area contributed by atoms with Gasteiger partial charge in [-0.3, -0.25) is 0 Å². The molecule has 2 rings (SSSR count). The van der Waals surface area contributed by atoms with Crippen molar-refractivity contribution in [2.45, 2.75) is 6.54 Å². The molecule has 0 aromatic heterocycles. The minimum atomic E-state index is -0.239. The number of nitrogens with two attached hydrogens (primary N) is 1. The van der Waals surface area contributed by atoms with Crippen LogP contribution in [0.5, 0.6) is 0 Å². The minimum Gasteiger partial charge on any atom is -0.389 e. The number of anilines is 1. The second-order valence-corrected chi connectivity index (χ2v) is 4.33. The number of hydrogen-bond donors (Lipinski definition) is 2. The summed E-state index contributed by atoms with van der Waals surface area (Å²) in [5, 5.41) is 3.20. The van der Waals surface area contributed by atoms with Crippen molar-refractivity contribution in [2.75, 3.05) is 5.32 Å². The monoisotopic (exact) mass is 260 g/mol. The van der Waals surface area contributed by atoms with Gasteiger partial charge >= 0.3 is 0 Å². The summed E-state index contributed by atoms with van der Waals surface area (Å²) in [6.07, 6.45) is 0. The van der Waals surface area contributed by atoms with Gasteiger partial charge in [0, 0.05) is 17.8 Å². The third-order valence-electron chi connectivity index (χ3n) is 2.56. The van der Waals surface area contributed by atoms with E-state index in [1.165, 1.54) is 12.1 Å². The van der Waals surface area contributed by atoms with Crippen molar-refractivity contribution in [3.05, 3.63) is 65.5 Å². The summed E-state index contributed by atoms with van der Waals surface area (Å²) in [5.41, 5.74) is 8.16. The van der Waals surface area contributed by atoms with Crippen LogP contribution in [0.1, 0.15) is 11.1 Å². The molecular formula is C14H13FN2S. The zero-order valence-corrected chi connectivity index (χ0v) is 10.5. The zero-order chi connectivity index (χ0) is 13.0. The molecule has 0 amide bonds. The van der Waals surface area contributed by atoms with Crippen LogP contribution in [0.3, 0.4) is 0 Å². The average molecular weight is 260 g/mol. The molecule has 2 aromatic carbocycles. The van der Waals surface area contributed by atoms with E-state index in [2.05, 4.69) is 5.32 Å². The van der Waals surface area contributed by atoms with Gasteiger partial charge in [0.1, 0.15) is 10.8 Å². The van der Waals surface area contributed by atoms with E-state index in [1.54, 1.807) is 6.07 Å². The summed E-state index contributed by atoms with van der Waals surface area (Å²) in [5.74, 6) is -0.239. The molecule has 0 aliphatic rings. The predicted octanol–water partition coefficient (Wildman–Crippen LogP) is 3.07. The summed E-state index contributed by atoms with van der Waals surface area (Å²) < 4.78 is 13.0. The average Bonchev–Trinajstić information content (AvgIpc) is 2.37. The molecule has 0 saturated heterocycles. The molecule has 0 saturated carbocycles. The molecule has 4 heteroatoms. The van der Waals surface area contributed by atoms with Crippen molar-refractivity contribution in [2.24, 2.45) is 5.73 Å². The van der Waals surface area contributed by atoms with E-state index >= 15 is 0 Å². The fourth-order valence-electron chi connectivity index (χ4n) is 1.70. The Morgan fingerprint density at radius 3 is 2.67 bits per heavy atom. The first-order valence-electron chi connectivity index (χ1n) is 5.54. The molecule has 3 N–H and O–H groups in total. The summed E-state index contributed by atoms with van der Waals surface area (Å²) >= 11 is 4.98. The lowest BCUT2D eigenvalue weighted by Gasteiger charge is -2.11. The van der Waals surface area contributed by atoms with E-state index in [0.29, 0.717) is 11.5 Å². The van der Waals surface area contributed by atoms with Crippen molar-refractivity contribution >= 4 is 22.9 Å². The van der Waals surface area contributed by atoms with Crippen molar-refractivity contribution in [3.63, 3.8) is 0 Å². The molecule has 2 aromatic rings. The fourth-order valence-corrected chi connectivity index (χ4v) is 1.87. The van der Waals surface area contributed by atoms with Gasteiger partial charge < -0.3 is 11.1 Å². The number of rotatable bonds is 4. The van der Waals surface area contributed by atoms with Gasteiger partial charge in [-0.15, -0.1) is 0 Å². The molecular weight excluding hydrogens is 247 g/mol. The molecule has 0 fully saturated rings. The molecule has 0 spiro atoms. The largest absolute Gasteiger partial charge is 0.389 e. The van der Waals surface area contributed by atoms with Gasteiger partial charge in [0.2, 0.25) is 0 Å². The number of thiocarbonyl (C=S) groups is 1. The van der Waals surface area contributed by atoms with Crippen molar-refractivity contribution in [3.8, 4) is 0 Å². The van der Waals surface area contributed by atoms with Gasteiger partial charge in [-0.05, 0) is 29.8 Å². The minimum absolute atomic E-state index is 0.239. The Hall–Kier alpha value is -1.94. The lowest BCUT2D eigenvalue weighted by atomic mass is 10.1. The van der Waals surface area contributed by atoms with Crippen LogP contribution in [0.25, 0.3) is 0 Å². The quantitative estimate of drug-likeness (QED) is 0.830. The van der Waals surface area contributed by atoms with Crippen LogP contribution in [0.2, 0.25) is 0 Å². The first-order chi connectivity index (χ1) is 8.66. The molecule has 0 heterocycles. The van der Waals surface area contributed by atoms with Crippen LogP contribution in [-0.4, -0.2) is 4.99 Å². The van der Waals surface area contributed by atoms with E-state index in [1.807, 2.05) is 30.3 Å². The summed E-state index contributed by atoms with van der Waals surface area (Å²) in [7, 11) is 0. The van der Waals surface area contributed by atoms with Crippen molar-refractivity contribution < 1.29 is 4.39 Å². The molecule has 0 atom stereocenters. The van der Waals surface area contributed by atoms with Gasteiger partial charge in [-0.2, -0.15) is 0 Å². The third-order valence-corrected chi connectivity index (χ3v) is 2.78. The number of nitrogens with one attached hydrogen (secondary N) is 1. The Bertz CT molecular complexity index is 569. The Balaban J connectivity index is 2.13. The first kappa shape index (κ1) is 12.5. The third kappa shape index (κ3) is 3.05. The van der Waals surface area contributed by atoms with E-state index in [4.69, 9.17) is 18.0 Å². The number of benzene rings is 2. The molecule has 0 bridgehead atoms. The highest BCUT2D eigenvalue weighted by molar-refractivity contribution is 7.80. The van der Waals surface area contributed by atoms with Crippen LogP contribution in [0, 0.1) is 5.82 Å². The molecule has 0 aliphatic carbocycles. The topological polar surface area (TPSA) is 38.0 Å². The molecule has 2 nitrogen and oxygen atoms in total. The van der Waals surface area contributed by atoms with Crippen LogP contribution in [-0.2, 0) is 6.54 Å². The summed E-state index contributed by atoms with van der Waals surface area (Å²) in [6, 6.07) is 14.0. The van der Waals surface area contributed by atoms with E-state index in [0.717, 1.165) is 16.8 Å². The SMILES string of the molecule is NC(=S)c1ccccc1NCc1cccc(F)c1. The Labute approximate surface area is 111 Å². The zero-order valence-electron chi connectivity index (χ0n) is 9.69. The Morgan fingerprint density at radius 1 is 1.17 bits per heavy atom. The van der Waals surface area contributed by atoms with Crippen LogP contribution < -0.4 is 11.1 Å². The number of para-hydroxylation sites is 1. The molecule has 0 aliphatic heterocycles. The Kier molecular flexibility index (Phi) is 3.89. The van der Waals surface area contributed by atoms with Gasteiger partial charge in [-0.25, -0.2) is 4.39 Å². The van der Waals surface area contributed by atoms with E-state index in [9.17, 15) is 4.39 Å². The summed E-state index contributed by atoms with van der Waals surface area (Å²) in [6.45, 7) is 0.525. The number of hydrogen-bond acceptors (Lipinski definition) is 2. The van der Waals surface area contributed by atoms with Crippen LogP contribution in [0.4, 0.5) is 10.1 Å². The molecule has 0 unspecified atom stereocenters. The predicted molar refractivity (Wildman–Crippen MR) is 76.1 cm³/mol. The lowest BCUT2D eigenvalue weighted by molar-refractivity contribution is 0.626. The lowest BCUT2D eigenvalue weighted by Crippen LogP contribution is -2.13. The molecule has 18 heavy (non-hydrogen) atoms. The highest BCUT2D eigenvalue weighted by atomic mass is 32.1. The standard InChI is InChI=1S/C14H13FN2S/c15-11-5-3-4-10(8-11)9-17-13-7-2-1-6-12(13)14(16)18/h1-8,17H,9H2,(H2,16,18). The van der Waals surface area contributed by atoms with Crippen molar-refractivity contribution in [1.82, 2.24) is 0 Å². The smallest absolute Gasteiger partial charge is 0.123 e. The van der Waals surface area contributed by atoms with E-state index < -0.39 is 0 Å². The van der Waals surface area contributed by atoms with Gasteiger partial charge in [0.25, 0.3) is 0 Å². The maximum absolute atomic E-state index is 13.0. The highest BCUT2D eigenvalue weighted by Crippen LogP contribution is 2.16. The van der Waals surface area contributed by atoms with Gasteiger partial charge in [0.15, 0.2) is 0 Å². The second kappa shape index (κ2) is 5.60. The van der Waals surface area contributed by atoms with Crippen molar-refractivity contribution in [1.29, 1.82) is 0 Å². The molecule has 92 valence electrons. The number of halogens is 1. The highest BCUT2D eigenvalue weighted by Gasteiger charge is 2.03. The second-order valence-electron chi connectivity index (χ2n) is 3.89. The molecule has 0 radical (unpaired) electrons. The normalized spacial score (nSPS) is 10.1. The Morgan fingerprint density at radius 2 is 1.94 bits per heavy atom. The van der Waals surface area contributed by atoms with Gasteiger partial charge in [-0.1, -0.05) is 36.5 Å². The fraction of sp³-hybridized carbons (Fsp3) is 0.0714. The van der Waals surface area contributed by atoms with E-state index in [-0.39, 0.29) is 5.82 Å². The maximum Gasteiger partial charge on any atom is 0.123 e. The maximum atomic E-state index is 13.0. The first-order valence-corrected chi connectivity index (χ1v) is 5.95. The van der Waals surface area contributed by atoms with Gasteiger partial charge in [0.05, 0.1) is 0 Å². The van der Waals surface area contributed by atoms with Crippen LogP contribution in [0.15, 0.2) is 48.5 Å². The van der Waals surface area contributed by atoms with Crippen LogP contribution >= 0.6 is 12.2 Å².